The van der Waals surface area contributed by atoms with Crippen molar-refractivity contribution in [1.29, 1.82) is 0 Å². The molecule has 1 atom stereocenters. The maximum absolute atomic E-state index is 4.52. The van der Waals surface area contributed by atoms with Crippen LogP contribution >= 0.6 is 15.9 Å². The maximum atomic E-state index is 4.52. The number of halogens is 1. The van der Waals surface area contributed by atoms with Crippen LogP contribution < -0.4 is 0 Å². The van der Waals surface area contributed by atoms with Crippen LogP contribution in [0.4, 0.5) is 0 Å². The first kappa shape index (κ1) is 11.4. The molecule has 0 amide bonds. The Kier molecular flexibility index (Phi) is 2.87. The van der Waals surface area contributed by atoms with Crippen LogP contribution in [0.2, 0.25) is 0 Å². The zero-order valence-corrected chi connectivity index (χ0v) is 11.4. The third-order valence-corrected chi connectivity index (χ3v) is 3.17. The highest BCUT2D eigenvalue weighted by molar-refractivity contribution is 9.09. The van der Waals surface area contributed by atoms with Crippen molar-refractivity contribution in [2.45, 2.75) is 18.3 Å². The molecule has 0 bridgehead atoms. The van der Waals surface area contributed by atoms with Gasteiger partial charge in [-0.05, 0) is 19.1 Å². The number of hydrogen-bond donors (Lipinski definition) is 0. The average Bonchev–Trinajstić information content (AvgIpc) is 2.94. The first-order valence-corrected chi connectivity index (χ1v) is 6.60. The van der Waals surface area contributed by atoms with Gasteiger partial charge in [-0.2, -0.15) is 0 Å². The number of rotatable bonds is 3. The zero-order valence-electron chi connectivity index (χ0n) is 9.86. The Hall–Kier alpha value is -1.69. The fraction of sp³-hybridized carbons (Fsp3) is 0.250. The summed E-state index contributed by atoms with van der Waals surface area (Å²) < 4.78 is 3.80. The molecule has 5 nitrogen and oxygen atoms in total. The minimum absolute atomic E-state index is 0.215. The van der Waals surface area contributed by atoms with Crippen molar-refractivity contribution >= 4 is 21.6 Å². The highest BCUT2D eigenvalue weighted by Gasteiger charge is 2.08. The minimum Gasteiger partial charge on any atom is -0.307 e. The van der Waals surface area contributed by atoms with Gasteiger partial charge in [-0.1, -0.05) is 27.2 Å². The fourth-order valence-electron chi connectivity index (χ4n) is 1.80. The smallest absolute Gasteiger partial charge is 0.137 e. The van der Waals surface area contributed by atoms with Crippen LogP contribution in [-0.4, -0.2) is 24.4 Å². The van der Waals surface area contributed by atoms with Gasteiger partial charge in [0, 0.05) is 12.4 Å². The van der Waals surface area contributed by atoms with Gasteiger partial charge >= 0.3 is 0 Å². The molecule has 3 aromatic rings. The first-order valence-electron chi connectivity index (χ1n) is 5.69. The second-order valence-corrected chi connectivity index (χ2v) is 5.53. The van der Waals surface area contributed by atoms with Gasteiger partial charge in [-0.3, -0.25) is 0 Å². The Morgan fingerprint density at radius 2 is 2.22 bits per heavy atom. The van der Waals surface area contributed by atoms with E-state index in [0.29, 0.717) is 6.54 Å². The van der Waals surface area contributed by atoms with Crippen LogP contribution in [0.5, 0.6) is 0 Å². The molecule has 3 rings (SSSR count). The van der Waals surface area contributed by atoms with E-state index in [0.717, 1.165) is 17.0 Å². The summed E-state index contributed by atoms with van der Waals surface area (Å²) in [6, 6.07) is 5.95. The molecule has 0 N–H and O–H groups in total. The molecular formula is C12H12BrN5. The number of fused-ring (bicyclic) bond motifs is 1. The highest BCUT2D eigenvalue weighted by atomic mass is 79.9. The summed E-state index contributed by atoms with van der Waals surface area (Å²) in [7, 11) is 0. The van der Waals surface area contributed by atoms with Crippen LogP contribution in [-0.2, 0) is 6.54 Å². The van der Waals surface area contributed by atoms with Crippen molar-refractivity contribution in [3.63, 3.8) is 0 Å². The van der Waals surface area contributed by atoms with E-state index in [2.05, 4.69) is 31.2 Å². The Bertz CT molecular complexity index is 637. The molecule has 0 radical (unpaired) electrons. The zero-order chi connectivity index (χ0) is 12.5. The Morgan fingerprint density at radius 3 is 2.94 bits per heavy atom. The van der Waals surface area contributed by atoms with E-state index in [4.69, 9.17) is 0 Å². The van der Waals surface area contributed by atoms with Gasteiger partial charge in [0.05, 0.1) is 29.0 Å². The quantitative estimate of drug-likeness (QED) is 0.698. The number of hydrogen-bond acceptors (Lipinski definition) is 3. The van der Waals surface area contributed by atoms with E-state index in [9.17, 15) is 0 Å². The number of imidazole rings is 1. The van der Waals surface area contributed by atoms with Crippen molar-refractivity contribution in [1.82, 2.24) is 24.4 Å². The molecule has 3 aromatic heterocycles. The number of nitrogens with zero attached hydrogens (tertiary/aromatic N) is 5. The van der Waals surface area contributed by atoms with Crippen LogP contribution in [0, 0.1) is 0 Å². The third kappa shape index (κ3) is 2.15. The number of aromatic nitrogens is 5. The second-order valence-electron chi connectivity index (χ2n) is 4.16. The SMILES string of the molecule is CC(Br)c1cn(Cc2cn3ccccc3n2)nn1. The van der Waals surface area contributed by atoms with Crippen LogP contribution in [0.3, 0.4) is 0 Å². The monoisotopic (exact) mass is 305 g/mol. The molecule has 0 spiro atoms. The van der Waals surface area contributed by atoms with Gasteiger partial charge in [0.15, 0.2) is 0 Å². The topological polar surface area (TPSA) is 48.0 Å². The minimum atomic E-state index is 0.215. The predicted octanol–water partition coefficient (Wildman–Crippen LogP) is 2.43. The lowest BCUT2D eigenvalue weighted by Crippen LogP contribution is -2.00. The summed E-state index contributed by atoms with van der Waals surface area (Å²) >= 11 is 3.47. The summed E-state index contributed by atoms with van der Waals surface area (Å²) in [6.07, 6.45) is 5.93. The van der Waals surface area contributed by atoms with E-state index < -0.39 is 0 Å². The van der Waals surface area contributed by atoms with E-state index in [1.807, 2.05) is 48.1 Å². The number of alkyl halides is 1. The molecule has 6 heteroatoms. The molecule has 0 saturated carbocycles. The number of pyridine rings is 1. The van der Waals surface area contributed by atoms with Crippen LogP contribution in [0.15, 0.2) is 36.8 Å². The van der Waals surface area contributed by atoms with Crippen molar-refractivity contribution in [3.8, 4) is 0 Å². The second kappa shape index (κ2) is 4.53. The van der Waals surface area contributed by atoms with Crippen molar-refractivity contribution in [2.75, 3.05) is 0 Å². The van der Waals surface area contributed by atoms with Crippen molar-refractivity contribution < 1.29 is 0 Å². The van der Waals surface area contributed by atoms with Gasteiger partial charge < -0.3 is 4.40 Å². The molecule has 1 unspecified atom stereocenters. The first-order chi connectivity index (χ1) is 8.72. The van der Waals surface area contributed by atoms with Gasteiger partial charge in [-0.15, -0.1) is 5.10 Å². The van der Waals surface area contributed by atoms with Crippen molar-refractivity contribution in [2.24, 2.45) is 0 Å². The van der Waals surface area contributed by atoms with Crippen LogP contribution in [0.25, 0.3) is 5.65 Å². The average molecular weight is 306 g/mol. The molecular weight excluding hydrogens is 294 g/mol. The van der Waals surface area contributed by atoms with Gasteiger partial charge in [0.25, 0.3) is 0 Å². The molecule has 0 fully saturated rings. The summed E-state index contributed by atoms with van der Waals surface area (Å²) in [4.78, 5) is 4.74. The molecule has 0 aromatic carbocycles. The van der Waals surface area contributed by atoms with E-state index in [1.165, 1.54) is 0 Å². The Labute approximate surface area is 113 Å². The largest absolute Gasteiger partial charge is 0.307 e. The normalized spacial score (nSPS) is 13.0. The highest BCUT2D eigenvalue weighted by Crippen LogP contribution is 2.18. The van der Waals surface area contributed by atoms with Crippen molar-refractivity contribution in [3.05, 3.63) is 48.2 Å². The maximum Gasteiger partial charge on any atom is 0.137 e. The van der Waals surface area contributed by atoms with E-state index >= 15 is 0 Å². The molecule has 0 saturated heterocycles. The predicted molar refractivity (Wildman–Crippen MR) is 71.7 cm³/mol. The molecule has 0 aliphatic heterocycles. The van der Waals surface area contributed by atoms with E-state index in [-0.39, 0.29) is 4.83 Å². The third-order valence-electron chi connectivity index (χ3n) is 2.70. The molecule has 0 aliphatic carbocycles. The Morgan fingerprint density at radius 1 is 1.33 bits per heavy atom. The molecule has 0 aliphatic rings. The summed E-state index contributed by atoms with van der Waals surface area (Å²) in [5.74, 6) is 0. The van der Waals surface area contributed by atoms with Gasteiger partial charge in [0.2, 0.25) is 0 Å². The van der Waals surface area contributed by atoms with E-state index in [1.54, 1.807) is 4.68 Å². The standard InChI is InChI=1S/C12H12BrN5/c1-9(13)11-8-18(16-15-11)7-10-6-17-5-3-2-4-12(17)14-10/h2-6,8-9H,7H2,1H3. The lowest BCUT2D eigenvalue weighted by Gasteiger charge is -1.95. The van der Waals surface area contributed by atoms with Crippen LogP contribution in [0.1, 0.15) is 23.1 Å². The summed E-state index contributed by atoms with van der Waals surface area (Å²) in [5, 5.41) is 8.19. The molecule has 92 valence electrons. The lowest BCUT2D eigenvalue weighted by molar-refractivity contribution is 0.640. The summed E-state index contributed by atoms with van der Waals surface area (Å²) in [6.45, 7) is 2.66. The Balaban J connectivity index is 1.86. The summed E-state index contributed by atoms with van der Waals surface area (Å²) in [5.41, 5.74) is 2.85. The molecule has 18 heavy (non-hydrogen) atoms. The lowest BCUT2D eigenvalue weighted by atomic mass is 10.4. The molecule has 3 heterocycles. The van der Waals surface area contributed by atoms with Gasteiger partial charge in [0.1, 0.15) is 5.65 Å². The fourth-order valence-corrected chi connectivity index (χ4v) is 2.01. The van der Waals surface area contributed by atoms with Gasteiger partial charge in [-0.25, -0.2) is 9.67 Å².